The Balaban J connectivity index is -0.0000000400. The smallest absolute Gasteiger partial charge is 0.759 e. The molecule has 0 bridgehead atoms. The molecule has 0 aliphatic rings. The SMILES string of the molecule is O=S(=O)([O-])[O-].O=S(=O)([O-])[O-].O=S(=O)([O-])[O-].[Tl+3].[Tl+3]. The van der Waals surface area contributed by atoms with Crippen LogP contribution in [0.1, 0.15) is 0 Å². The maximum atomic E-state index is 8.52. The van der Waals surface area contributed by atoms with E-state index in [4.69, 9.17) is 52.6 Å². The van der Waals surface area contributed by atoms with Crippen molar-refractivity contribution in [1.29, 1.82) is 0 Å². The summed E-state index contributed by atoms with van der Waals surface area (Å²) in [4.78, 5) is 0. The summed E-state index contributed by atoms with van der Waals surface area (Å²) in [6, 6.07) is 0. The molecule has 0 fully saturated rings. The molecule has 0 aliphatic carbocycles. The number of rotatable bonds is 0. The molecule has 0 saturated heterocycles. The van der Waals surface area contributed by atoms with E-state index in [9.17, 15) is 0 Å². The van der Waals surface area contributed by atoms with Crippen LogP contribution in [0.15, 0.2) is 0 Å². The molecule has 0 saturated carbocycles. The summed E-state index contributed by atoms with van der Waals surface area (Å²) >= 11 is 0. The Morgan fingerprint density at radius 1 is 0.412 bits per heavy atom. The van der Waals surface area contributed by atoms with Crippen molar-refractivity contribution in [2.24, 2.45) is 0 Å². The molecule has 0 aromatic heterocycles. The topological polar surface area (TPSA) is 241 Å². The third kappa shape index (κ3) is 1970. The van der Waals surface area contributed by atoms with E-state index in [1.807, 2.05) is 0 Å². The Morgan fingerprint density at radius 2 is 0.412 bits per heavy atom. The zero-order chi connectivity index (χ0) is 13.5. The van der Waals surface area contributed by atoms with Gasteiger partial charge < -0.3 is 27.3 Å². The minimum atomic E-state index is -5.17. The molecular formula is O12S3Tl2. The fourth-order valence-electron chi connectivity index (χ4n) is 0. The van der Waals surface area contributed by atoms with E-state index in [1.54, 1.807) is 0 Å². The second kappa shape index (κ2) is 12.5. The van der Waals surface area contributed by atoms with Gasteiger partial charge in [0.1, 0.15) is 0 Å². The molecule has 0 aromatic carbocycles. The predicted octanol–water partition coefficient (Wildman–Crippen LogP) is -4.78. The summed E-state index contributed by atoms with van der Waals surface area (Å²) in [5.74, 6) is 0. The predicted molar refractivity (Wildman–Crippen MR) is 42.9 cm³/mol. The van der Waals surface area contributed by atoms with Crippen molar-refractivity contribution >= 4 is 85.8 Å². The summed E-state index contributed by atoms with van der Waals surface area (Å²) < 4.78 is 102. The molecule has 12 nitrogen and oxygen atoms in total. The van der Waals surface area contributed by atoms with Gasteiger partial charge in [-0.25, -0.2) is 0 Å². The maximum absolute atomic E-state index is 8.52. The minimum absolute atomic E-state index is 0. The van der Waals surface area contributed by atoms with Crippen molar-refractivity contribution in [2.45, 2.75) is 0 Å². The van der Waals surface area contributed by atoms with Crippen LogP contribution >= 0.6 is 0 Å². The zero-order valence-corrected chi connectivity index (χ0v) is 18.7. The molecule has 0 heterocycles. The Bertz CT molecular complexity index is 341. The van der Waals surface area contributed by atoms with Crippen LogP contribution in [0.3, 0.4) is 0 Å². The molecular weight excluding hydrogens is 697 g/mol. The first-order valence-corrected chi connectivity index (χ1v) is 6.00. The molecule has 17 heavy (non-hydrogen) atoms. The van der Waals surface area contributed by atoms with Gasteiger partial charge in [0.25, 0.3) is 0 Å². The summed E-state index contributed by atoms with van der Waals surface area (Å²) in [5, 5.41) is 0. The number of hydrogen-bond acceptors (Lipinski definition) is 12. The van der Waals surface area contributed by atoms with E-state index in [0.29, 0.717) is 0 Å². The maximum Gasteiger partial charge on any atom is 3.00 e. The zero-order valence-electron chi connectivity index (χ0n) is 7.28. The van der Waals surface area contributed by atoms with Gasteiger partial charge in [0.2, 0.25) is 0 Å². The van der Waals surface area contributed by atoms with E-state index in [0.717, 1.165) is 0 Å². The average molecular weight is 697 g/mol. The van der Waals surface area contributed by atoms with Gasteiger partial charge in [0, 0.05) is 31.2 Å². The van der Waals surface area contributed by atoms with Crippen LogP contribution in [0.25, 0.3) is 0 Å². The monoisotopic (exact) mass is 698 g/mol. The van der Waals surface area contributed by atoms with Gasteiger partial charge in [0.15, 0.2) is 0 Å². The Hall–Kier alpha value is 1.45. The number of hydrogen-bond donors (Lipinski definition) is 0. The van der Waals surface area contributed by atoms with Gasteiger partial charge in [-0.1, -0.05) is 0 Å². The molecule has 0 spiro atoms. The summed E-state index contributed by atoms with van der Waals surface area (Å²) in [5.41, 5.74) is 0. The van der Waals surface area contributed by atoms with Crippen LogP contribution in [-0.4, -0.2) is 107 Å². The third-order valence-electron chi connectivity index (χ3n) is 0. The average Bonchev–Trinajstić information content (AvgIpc) is 1.41. The van der Waals surface area contributed by atoms with Gasteiger partial charge in [-0.05, 0) is 0 Å². The summed E-state index contributed by atoms with van der Waals surface area (Å²) in [6.07, 6.45) is 0. The van der Waals surface area contributed by atoms with Crippen LogP contribution in [0.4, 0.5) is 0 Å². The van der Waals surface area contributed by atoms with Crippen molar-refractivity contribution < 1.29 is 52.6 Å². The summed E-state index contributed by atoms with van der Waals surface area (Å²) in [7, 11) is -15.5. The van der Waals surface area contributed by atoms with Crippen LogP contribution in [0.5, 0.6) is 0 Å². The first-order valence-electron chi connectivity index (χ1n) is 2.00. The normalized spacial score (nSPS) is 10.2. The van der Waals surface area contributed by atoms with Gasteiger partial charge in [-0.2, -0.15) is 0 Å². The van der Waals surface area contributed by atoms with Gasteiger partial charge in [-0.3, -0.25) is 25.3 Å². The van der Waals surface area contributed by atoms with Crippen LogP contribution in [-0.2, 0) is 31.2 Å². The molecule has 0 radical (unpaired) electrons. The molecule has 96 valence electrons. The molecule has 0 aromatic rings. The van der Waals surface area contributed by atoms with Gasteiger partial charge in [-0.15, -0.1) is 0 Å². The van der Waals surface area contributed by atoms with Crippen LogP contribution in [0, 0.1) is 0 Å². The quantitative estimate of drug-likeness (QED) is 0.132. The second-order valence-corrected chi connectivity index (χ2v) is 3.67. The summed E-state index contributed by atoms with van der Waals surface area (Å²) in [6.45, 7) is 0. The van der Waals surface area contributed by atoms with Crippen molar-refractivity contribution in [3.05, 3.63) is 0 Å². The third-order valence-corrected chi connectivity index (χ3v) is 0. The van der Waals surface area contributed by atoms with Gasteiger partial charge in [0.05, 0.1) is 0 Å². The largest absolute Gasteiger partial charge is 3.00 e. The van der Waals surface area contributed by atoms with E-state index in [1.165, 1.54) is 0 Å². The molecule has 0 atom stereocenters. The van der Waals surface area contributed by atoms with E-state index >= 15 is 0 Å². The van der Waals surface area contributed by atoms with Crippen molar-refractivity contribution in [3.8, 4) is 0 Å². The van der Waals surface area contributed by atoms with Crippen molar-refractivity contribution in [2.75, 3.05) is 0 Å². The van der Waals surface area contributed by atoms with Crippen LogP contribution in [0.2, 0.25) is 0 Å². The minimum Gasteiger partial charge on any atom is -0.759 e. The first kappa shape index (κ1) is 31.1. The molecule has 0 unspecified atom stereocenters. The molecule has 0 amide bonds. The first-order chi connectivity index (χ1) is 6.00. The van der Waals surface area contributed by atoms with Crippen molar-refractivity contribution in [3.63, 3.8) is 0 Å². The Labute approximate surface area is 137 Å². The molecule has 17 heteroatoms. The molecule has 0 aliphatic heterocycles. The Morgan fingerprint density at radius 3 is 0.412 bits per heavy atom. The molecule has 0 N–H and O–H groups in total. The van der Waals surface area contributed by atoms with E-state index < -0.39 is 31.2 Å². The van der Waals surface area contributed by atoms with Crippen molar-refractivity contribution in [1.82, 2.24) is 0 Å². The second-order valence-electron chi connectivity index (χ2n) is 1.22. The fourth-order valence-corrected chi connectivity index (χ4v) is 0. The van der Waals surface area contributed by atoms with Crippen LogP contribution < -0.4 is 0 Å². The van der Waals surface area contributed by atoms with E-state index in [-0.39, 0.29) is 54.6 Å². The van der Waals surface area contributed by atoms with Gasteiger partial charge >= 0.3 is 54.6 Å². The van der Waals surface area contributed by atoms with E-state index in [2.05, 4.69) is 0 Å². The standard InChI is InChI=1S/3H2O4S.2Tl/c3*1-5(2,3)4;;/h3*(H2,1,2,3,4);;/q;;;2*+3/p-6. The molecule has 0 rings (SSSR count). The fraction of sp³-hybridized carbons (Fsp3) is 0. The Kier molecular flexibility index (Phi) is 22.8.